The summed E-state index contributed by atoms with van der Waals surface area (Å²) < 4.78 is 12.2. The van der Waals surface area contributed by atoms with Crippen LogP contribution in [0.15, 0.2) is 12.2 Å². The molecule has 166 valence electrons. The number of carbonyl (C=O) groups is 2. The van der Waals surface area contributed by atoms with E-state index in [1.807, 2.05) is 0 Å². The first kappa shape index (κ1) is 24.4. The quantitative estimate of drug-likeness (QED) is 0.265. The topological polar surface area (TPSA) is 64.6 Å². The van der Waals surface area contributed by atoms with Crippen LogP contribution in [0, 0.1) is 11.8 Å². The van der Waals surface area contributed by atoms with Gasteiger partial charge in [0.05, 0.1) is 19.1 Å². The Labute approximate surface area is 182 Å². The number of carbonyl (C=O) groups excluding carboxylic acids is 2. The lowest BCUT2D eigenvalue weighted by Crippen LogP contribution is -2.65. The zero-order valence-electron chi connectivity index (χ0n) is 18.9. The van der Waals surface area contributed by atoms with Gasteiger partial charge in [-0.25, -0.2) is 4.79 Å². The fourth-order valence-corrected chi connectivity index (χ4v) is 5.97. The fourth-order valence-electron chi connectivity index (χ4n) is 4.39. The second-order valence-corrected chi connectivity index (χ2v) is 15.2. The summed E-state index contributed by atoms with van der Waals surface area (Å²) in [4.78, 5) is 26.1. The third-order valence-corrected chi connectivity index (χ3v) is 11.9. The molecule has 2 aliphatic rings. The summed E-state index contributed by atoms with van der Waals surface area (Å²) in [6.07, 6.45) is 5.31. The molecule has 1 aliphatic heterocycles. The van der Waals surface area contributed by atoms with Crippen LogP contribution in [0.25, 0.3) is 0 Å². The number of alkyl halides is 1. The van der Waals surface area contributed by atoms with E-state index in [9.17, 15) is 9.59 Å². The lowest BCUT2D eigenvalue weighted by Gasteiger charge is -2.48. The smallest absolute Gasteiger partial charge is 0.338 e. The molecular weight excluding hydrogens is 406 g/mol. The predicted molar refractivity (Wildman–Crippen MR) is 120 cm³/mol. The summed E-state index contributed by atoms with van der Waals surface area (Å²) in [6, 6.07) is 0. The SMILES string of the molecule is C=C1C(CCCl)C(=O)NC1(C(=O)OC)C(O[Si](C)(C)C(C)(C)C)C1CCCCC1. The molecule has 5 nitrogen and oxygen atoms in total. The van der Waals surface area contributed by atoms with Crippen LogP contribution in [0.5, 0.6) is 0 Å². The highest BCUT2D eigenvalue weighted by atomic mass is 35.5. The normalized spacial score (nSPS) is 27.6. The van der Waals surface area contributed by atoms with Gasteiger partial charge >= 0.3 is 5.97 Å². The molecule has 0 aromatic rings. The van der Waals surface area contributed by atoms with Gasteiger partial charge < -0.3 is 14.5 Å². The van der Waals surface area contributed by atoms with Gasteiger partial charge in [-0.05, 0) is 48.9 Å². The highest BCUT2D eigenvalue weighted by Gasteiger charge is 2.61. The number of rotatable bonds is 7. The minimum Gasteiger partial charge on any atom is -0.467 e. The molecule has 1 amide bonds. The van der Waals surface area contributed by atoms with Gasteiger partial charge in [0.25, 0.3) is 0 Å². The molecule has 0 bridgehead atoms. The van der Waals surface area contributed by atoms with Crippen LogP contribution < -0.4 is 5.32 Å². The highest BCUT2D eigenvalue weighted by Crippen LogP contribution is 2.47. The molecular formula is C22H38ClNO4Si. The van der Waals surface area contributed by atoms with Crippen LogP contribution in [0.2, 0.25) is 18.1 Å². The number of esters is 1. The van der Waals surface area contributed by atoms with Crippen molar-refractivity contribution in [2.24, 2.45) is 11.8 Å². The molecule has 1 saturated heterocycles. The molecule has 1 saturated carbocycles. The molecule has 1 N–H and O–H groups in total. The highest BCUT2D eigenvalue weighted by molar-refractivity contribution is 6.74. The summed E-state index contributed by atoms with van der Waals surface area (Å²) in [7, 11) is -0.880. The molecule has 2 rings (SSSR count). The van der Waals surface area contributed by atoms with Crippen molar-refractivity contribution in [2.45, 2.75) is 89.1 Å². The standard InChI is InChI=1S/C22H38ClNO4Si/c1-15-17(13-14-23)19(25)24-22(15,20(26)27-5)18(16-11-9-8-10-12-16)28-29(6,7)21(2,3)4/h16-18H,1,8-14H2,2-7H3,(H,24,25). The van der Waals surface area contributed by atoms with Crippen molar-refractivity contribution in [2.75, 3.05) is 13.0 Å². The van der Waals surface area contributed by atoms with Gasteiger partial charge in [0.1, 0.15) is 0 Å². The molecule has 1 heterocycles. The maximum Gasteiger partial charge on any atom is 0.338 e. The second kappa shape index (κ2) is 9.11. The Morgan fingerprint density at radius 2 is 1.90 bits per heavy atom. The van der Waals surface area contributed by atoms with Gasteiger partial charge in [-0.1, -0.05) is 46.6 Å². The molecule has 29 heavy (non-hydrogen) atoms. The molecule has 0 radical (unpaired) electrons. The van der Waals surface area contributed by atoms with Gasteiger partial charge in [0.15, 0.2) is 13.9 Å². The van der Waals surface area contributed by atoms with Crippen molar-refractivity contribution in [1.82, 2.24) is 5.32 Å². The van der Waals surface area contributed by atoms with E-state index in [4.69, 9.17) is 20.8 Å². The molecule has 0 aromatic carbocycles. The third kappa shape index (κ3) is 4.59. The number of methoxy groups -OCH3 is 1. The maximum atomic E-state index is 13.3. The van der Waals surface area contributed by atoms with Crippen LogP contribution >= 0.6 is 11.6 Å². The number of amides is 1. The Kier molecular flexibility index (Phi) is 7.67. The zero-order valence-corrected chi connectivity index (χ0v) is 20.7. The lowest BCUT2D eigenvalue weighted by atomic mass is 9.73. The van der Waals surface area contributed by atoms with Crippen LogP contribution in [-0.2, 0) is 18.8 Å². The van der Waals surface area contributed by atoms with E-state index in [-0.39, 0.29) is 16.9 Å². The Morgan fingerprint density at radius 1 is 1.31 bits per heavy atom. The van der Waals surface area contributed by atoms with Crippen LogP contribution in [-0.4, -0.2) is 44.8 Å². The number of halogens is 1. The second-order valence-electron chi connectivity index (χ2n) is 10.0. The average molecular weight is 444 g/mol. The fraction of sp³-hybridized carbons (Fsp3) is 0.818. The van der Waals surface area contributed by atoms with Crippen molar-refractivity contribution in [3.63, 3.8) is 0 Å². The van der Waals surface area contributed by atoms with E-state index < -0.39 is 31.8 Å². The van der Waals surface area contributed by atoms with Gasteiger partial charge in [-0.3, -0.25) is 4.79 Å². The monoisotopic (exact) mass is 443 g/mol. The van der Waals surface area contributed by atoms with E-state index in [2.05, 4.69) is 45.8 Å². The summed E-state index contributed by atoms with van der Waals surface area (Å²) in [5.74, 6) is -0.696. The van der Waals surface area contributed by atoms with Gasteiger partial charge in [0, 0.05) is 5.88 Å². The van der Waals surface area contributed by atoms with Crippen LogP contribution in [0.1, 0.15) is 59.3 Å². The number of hydrogen-bond donors (Lipinski definition) is 1. The van der Waals surface area contributed by atoms with Crippen molar-refractivity contribution in [3.05, 3.63) is 12.2 Å². The molecule has 2 fully saturated rings. The Bertz CT molecular complexity index is 639. The van der Waals surface area contributed by atoms with Crippen molar-refractivity contribution in [3.8, 4) is 0 Å². The number of nitrogens with one attached hydrogen (secondary N) is 1. The summed E-state index contributed by atoms with van der Waals surface area (Å²) in [5, 5.41) is 2.97. The third-order valence-electron chi connectivity index (χ3n) is 7.20. The van der Waals surface area contributed by atoms with Crippen molar-refractivity contribution in [1.29, 1.82) is 0 Å². The van der Waals surface area contributed by atoms with E-state index in [1.165, 1.54) is 13.5 Å². The predicted octanol–water partition coefficient (Wildman–Crippen LogP) is 4.80. The maximum absolute atomic E-state index is 13.3. The van der Waals surface area contributed by atoms with Crippen LogP contribution in [0.4, 0.5) is 0 Å². The first-order chi connectivity index (χ1) is 13.4. The number of ether oxygens (including phenoxy) is 1. The average Bonchev–Trinajstić information content (AvgIpc) is 2.91. The van der Waals surface area contributed by atoms with Crippen molar-refractivity contribution >= 4 is 31.8 Å². The zero-order chi connectivity index (χ0) is 22.0. The van der Waals surface area contributed by atoms with Gasteiger partial charge in [-0.2, -0.15) is 0 Å². The van der Waals surface area contributed by atoms with Crippen molar-refractivity contribution < 1.29 is 18.8 Å². The van der Waals surface area contributed by atoms with Gasteiger partial charge in [0.2, 0.25) is 5.91 Å². The molecule has 0 spiro atoms. The lowest BCUT2D eigenvalue weighted by molar-refractivity contribution is -0.153. The first-order valence-corrected chi connectivity index (χ1v) is 14.2. The summed E-state index contributed by atoms with van der Waals surface area (Å²) >= 11 is 5.95. The van der Waals surface area contributed by atoms with Crippen LogP contribution in [0.3, 0.4) is 0 Å². The molecule has 1 aliphatic carbocycles. The van der Waals surface area contributed by atoms with E-state index >= 15 is 0 Å². The molecule has 0 aromatic heterocycles. The molecule has 7 heteroatoms. The first-order valence-electron chi connectivity index (χ1n) is 10.8. The van der Waals surface area contributed by atoms with E-state index in [1.54, 1.807) is 0 Å². The Balaban J connectivity index is 2.58. The van der Waals surface area contributed by atoms with Gasteiger partial charge in [-0.15, -0.1) is 11.6 Å². The summed E-state index contributed by atoms with van der Waals surface area (Å²) in [6.45, 7) is 15.1. The minimum atomic E-state index is -2.24. The number of hydrogen-bond acceptors (Lipinski definition) is 4. The molecule has 3 atom stereocenters. The largest absolute Gasteiger partial charge is 0.467 e. The minimum absolute atomic E-state index is 0.0310. The Morgan fingerprint density at radius 3 is 2.38 bits per heavy atom. The van der Waals surface area contributed by atoms with E-state index in [0.29, 0.717) is 17.9 Å². The summed E-state index contributed by atoms with van der Waals surface area (Å²) in [5.41, 5.74) is -0.802. The Hall–Kier alpha value is -0.853. The van der Waals surface area contributed by atoms with E-state index in [0.717, 1.165) is 25.7 Å². The molecule has 3 unspecified atom stereocenters.